The summed E-state index contributed by atoms with van der Waals surface area (Å²) in [7, 11) is 0. The van der Waals surface area contributed by atoms with Gasteiger partial charge in [-0.1, -0.05) is 24.3 Å². The number of hydrogen-bond donors (Lipinski definition) is 2. The Morgan fingerprint density at radius 1 is 1.19 bits per heavy atom. The van der Waals surface area contributed by atoms with Crippen molar-refractivity contribution < 1.29 is 9.59 Å². The van der Waals surface area contributed by atoms with Gasteiger partial charge in [0, 0.05) is 24.4 Å². The Labute approximate surface area is 155 Å². The second-order valence-electron chi connectivity index (χ2n) is 6.07. The van der Waals surface area contributed by atoms with Crippen molar-refractivity contribution in [1.82, 2.24) is 14.9 Å². The minimum absolute atomic E-state index is 0.121. The third-order valence-corrected chi connectivity index (χ3v) is 5.55. The number of carbonyl (C=O) groups excluding carboxylic acids is 2. The summed E-state index contributed by atoms with van der Waals surface area (Å²) in [4.78, 5) is 29.7. The lowest BCUT2D eigenvalue weighted by molar-refractivity contribution is -0.124. The van der Waals surface area contributed by atoms with Crippen LogP contribution in [0.15, 0.2) is 59.8 Å². The fraction of sp³-hybridized carbons (Fsp3) is 0.211. The fourth-order valence-electron chi connectivity index (χ4n) is 2.97. The first-order chi connectivity index (χ1) is 12.7. The van der Waals surface area contributed by atoms with Crippen LogP contribution in [0.25, 0.3) is 11.0 Å². The Hall–Kier alpha value is -2.80. The number of aromatic nitrogens is 2. The topological polar surface area (TPSA) is 76.0 Å². The van der Waals surface area contributed by atoms with Crippen LogP contribution in [0, 0.1) is 0 Å². The van der Waals surface area contributed by atoms with Crippen LogP contribution in [0.5, 0.6) is 0 Å². The van der Waals surface area contributed by atoms with E-state index in [4.69, 9.17) is 0 Å². The molecular weight excluding hydrogens is 348 g/mol. The molecule has 6 nitrogen and oxygen atoms in total. The van der Waals surface area contributed by atoms with E-state index in [0.717, 1.165) is 21.6 Å². The van der Waals surface area contributed by atoms with Gasteiger partial charge in [0.25, 0.3) is 0 Å². The normalized spacial score (nSPS) is 16.2. The van der Waals surface area contributed by atoms with Gasteiger partial charge in [-0.25, -0.2) is 4.98 Å². The van der Waals surface area contributed by atoms with Crippen molar-refractivity contribution >= 4 is 40.3 Å². The molecule has 7 heteroatoms. The van der Waals surface area contributed by atoms with Gasteiger partial charge in [-0.05, 0) is 24.3 Å². The van der Waals surface area contributed by atoms with Crippen molar-refractivity contribution in [3.8, 4) is 0 Å². The molecule has 1 aliphatic heterocycles. The molecule has 3 aromatic rings. The van der Waals surface area contributed by atoms with E-state index in [0.29, 0.717) is 13.1 Å². The Balaban J connectivity index is 1.31. The molecule has 0 saturated heterocycles. The Kier molecular flexibility index (Phi) is 4.62. The lowest BCUT2D eigenvalue weighted by Gasteiger charge is -2.23. The van der Waals surface area contributed by atoms with Crippen molar-refractivity contribution in [3.05, 3.63) is 54.9 Å². The molecule has 1 atom stereocenters. The highest BCUT2D eigenvalue weighted by molar-refractivity contribution is 8.01. The largest absolute Gasteiger partial charge is 0.354 e. The third kappa shape index (κ3) is 3.43. The minimum atomic E-state index is -0.404. The number of rotatable bonds is 5. The number of thioether (sulfide) groups is 1. The molecule has 2 N–H and O–H groups in total. The molecule has 132 valence electrons. The summed E-state index contributed by atoms with van der Waals surface area (Å²) in [5, 5.41) is 5.35. The predicted molar refractivity (Wildman–Crippen MR) is 102 cm³/mol. The molecule has 0 fully saturated rings. The lowest BCUT2D eigenvalue weighted by Crippen LogP contribution is -2.35. The number of para-hydroxylation sites is 3. The molecule has 2 aromatic carbocycles. The highest BCUT2D eigenvalue weighted by atomic mass is 32.2. The van der Waals surface area contributed by atoms with Crippen molar-refractivity contribution in [2.45, 2.75) is 23.1 Å². The molecule has 1 aromatic heterocycles. The molecule has 0 radical (unpaired) electrons. The maximum Gasteiger partial charge on any atom is 0.238 e. The number of carbonyl (C=O) groups is 2. The number of anilines is 1. The molecule has 0 spiro atoms. The average Bonchev–Trinajstić information content (AvgIpc) is 3.06. The fourth-order valence-corrected chi connectivity index (χ4v) is 4.08. The van der Waals surface area contributed by atoms with E-state index in [2.05, 4.69) is 15.6 Å². The second-order valence-corrected chi connectivity index (χ2v) is 7.32. The van der Waals surface area contributed by atoms with Gasteiger partial charge in [0.1, 0.15) is 0 Å². The zero-order valence-electron chi connectivity index (χ0n) is 14.0. The lowest BCUT2D eigenvalue weighted by atomic mass is 10.2. The van der Waals surface area contributed by atoms with Gasteiger partial charge >= 0.3 is 0 Å². The minimum Gasteiger partial charge on any atom is -0.354 e. The van der Waals surface area contributed by atoms with Crippen LogP contribution < -0.4 is 10.6 Å². The van der Waals surface area contributed by atoms with Gasteiger partial charge in [-0.2, -0.15) is 0 Å². The molecule has 1 aliphatic rings. The summed E-state index contributed by atoms with van der Waals surface area (Å²) in [5.74, 6) is -0.245. The van der Waals surface area contributed by atoms with E-state index in [1.165, 1.54) is 11.8 Å². The summed E-state index contributed by atoms with van der Waals surface area (Å²) in [6.45, 7) is 1.13. The van der Waals surface area contributed by atoms with E-state index >= 15 is 0 Å². The van der Waals surface area contributed by atoms with E-state index in [1.807, 2.05) is 53.1 Å². The Bertz CT molecular complexity index is 969. The van der Waals surface area contributed by atoms with Gasteiger partial charge < -0.3 is 15.2 Å². The monoisotopic (exact) mass is 366 g/mol. The zero-order valence-corrected chi connectivity index (χ0v) is 14.8. The highest BCUT2D eigenvalue weighted by Crippen LogP contribution is 2.36. The maximum atomic E-state index is 12.2. The van der Waals surface area contributed by atoms with Crippen LogP contribution >= 0.6 is 11.8 Å². The number of nitrogens with one attached hydrogen (secondary N) is 2. The van der Waals surface area contributed by atoms with Crippen LogP contribution in [0.1, 0.15) is 6.42 Å². The molecule has 4 rings (SSSR count). The smallest absolute Gasteiger partial charge is 0.238 e. The first-order valence-corrected chi connectivity index (χ1v) is 9.32. The summed E-state index contributed by atoms with van der Waals surface area (Å²) in [6, 6.07) is 15.5. The van der Waals surface area contributed by atoms with Gasteiger partial charge in [-0.3, -0.25) is 9.59 Å². The van der Waals surface area contributed by atoms with Crippen LogP contribution in [0.4, 0.5) is 5.69 Å². The van der Waals surface area contributed by atoms with Crippen molar-refractivity contribution in [3.63, 3.8) is 0 Å². The Morgan fingerprint density at radius 2 is 2.00 bits per heavy atom. The molecule has 0 bridgehead atoms. The number of fused-ring (bicyclic) bond motifs is 2. The number of nitrogens with zero attached hydrogens (tertiary/aromatic N) is 2. The van der Waals surface area contributed by atoms with Crippen LogP contribution in [0.2, 0.25) is 0 Å². The number of imidazole rings is 1. The number of amides is 2. The predicted octanol–water partition coefficient (Wildman–Crippen LogP) is 2.66. The van der Waals surface area contributed by atoms with Gasteiger partial charge in [-0.15, -0.1) is 11.8 Å². The molecule has 0 aliphatic carbocycles. The molecule has 1 unspecified atom stereocenters. The maximum absolute atomic E-state index is 12.2. The summed E-state index contributed by atoms with van der Waals surface area (Å²) < 4.78 is 2.01. The van der Waals surface area contributed by atoms with Gasteiger partial charge in [0.2, 0.25) is 11.8 Å². The highest BCUT2D eigenvalue weighted by Gasteiger charge is 2.28. The molecule has 0 saturated carbocycles. The molecule has 2 heterocycles. The first kappa shape index (κ1) is 16.7. The molecular formula is C19H18N4O2S. The van der Waals surface area contributed by atoms with Gasteiger partial charge in [0.05, 0.1) is 28.3 Å². The van der Waals surface area contributed by atoms with Gasteiger partial charge in [0.15, 0.2) is 0 Å². The summed E-state index contributed by atoms with van der Waals surface area (Å²) >= 11 is 1.44. The van der Waals surface area contributed by atoms with Crippen LogP contribution in [-0.4, -0.2) is 33.2 Å². The van der Waals surface area contributed by atoms with E-state index < -0.39 is 5.25 Å². The molecule has 2 amide bonds. The van der Waals surface area contributed by atoms with E-state index in [-0.39, 0.29) is 18.2 Å². The number of benzene rings is 2. The third-order valence-electron chi connectivity index (χ3n) is 4.28. The van der Waals surface area contributed by atoms with Crippen LogP contribution in [0.3, 0.4) is 0 Å². The first-order valence-electron chi connectivity index (χ1n) is 8.44. The average molecular weight is 366 g/mol. The second kappa shape index (κ2) is 7.21. The van der Waals surface area contributed by atoms with Crippen molar-refractivity contribution in [1.29, 1.82) is 0 Å². The molecule has 26 heavy (non-hydrogen) atoms. The van der Waals surface area contributed by atoms with Crippen molar-refractivity contribution in [2.24, 2.45) is 0 Å². The van der Waals surface area contributed by atoms with E-state index in [9.17, 15) is 9.59 Å². The summed E-state index contributed by atoms with van der Waals surface area (Å²) in [6.07, 6.45) is 1.94. The SMILES string of the molecule is O=C(CC1Sc2ccccc2NC1=O)NCCn1cnc2ccccc21. The quantitative estimate of drug-likeness (QED) is 0.728. The van der Waals surface area contributed by atoms with Crippen LogP contribution in [-0.2, 0) is 16.1 Å². The number of hydrogen-bond acceptors (Lipinski definition) is 4. The zero-order chi connectivity index (χ0) is 17.9. The van der Waals surface area contributed by atoms with E-state index in [1.54, 1.807) is 6.33 Å². The standard InChI is InChI=1S/C19H18N4O2S/c24-18(11-17-19(25)22-14-6-2-4-8-16(14)26-17)20-9-10-23-12-21-13-5-1-3-7-15(13)23/h1-8,12,17H,9-11H2,(H,20,24)(H,22,25). The Morgan fingerprint density at radius 3 is 2.92 bits per heavy atom. The summed E-state index contributed by atoms with van der Waals surface area (Å²) in [5.41, 5.74) is 2.79. The van der Waals surface area contributed by atoms with Crippen molar-refractivity contribution in [2.75, 3.05) is 11.9 Å².